The smallest absolute Gasteiger partial charge is 0.251 e. The number of ether oxygens (including phenoxy) is 1. The standard InChI is InChI=1S/C15H15BrN2O3/c16-11-6-5-10(9-13(11)19)15(20)18-7-8-21-14-4-2-1-3-12(14)17/h1-6,9,19H,7-8,17H2,(H,18,20). The summed E-state index contributed by atoms with van der Waals surface area (Å²) in [7, 11) is 0. The molecule has 0 saturated carbocycles. The fraction of sp³-hybridized carbons (Fsp3) is 0.133. The van der Waals surface area contributed by atoms with Gasteiger partial charge in [-0.3, -0.25) is 4.79 Å². The number of nitrogens with two attached hydrogens (primary N) is 1. The van der Waals surface area contributed by atoms with Crippen molar-refractivity contribution >= 4 is 27.5 Å². The van der Waals surface area contributed by atoms with E-state index in [2.05, 4.69) is 21.2 Å². The van der Waals surface area contributed by atoms with Gasteiger partial charge in [-0.05, 0) is 46.3 Å². The maximum absolute atomic E-state index is 11.9. The van der Waals surface area contributed by atoms with E-state index in [0.29, 0.717) is 34.6 Å². The summed E-state index contributed by atoms with van der Waals surface area (Å²) in [5, 5.41) is 12.2. The van der Waals surface area contributed by atoms with Crippen molar-refractivity contribution in [2.75, 3.05) is 18.9 Å². The Kier molecular flexibility index (Phi) is 5.05. The molecule has 0 spiro atoms. The molecule has 0 unspecified atom stereocenters. The fourth-order valence-corrected chi connectivity index (χ4v) is 1.94. The van der Waals surface area contributed by atoms with E-state index in [1.165, 1.54) is 6.07 Å². The lowest BCUT2D eigenvalue weighted by Crippen LogP contribution is -2.28. The van der Waals surface area contributed by atoms with Gasteiger partial charge in [0.15, 0.2) is 0 Å². The van der Waals surface area contributed by atoms with Crippen molar-refractivity contribution in [3.8, 4) is 11.5 Å². The molecule has 0 bridgehead atoms. The minimum Gasteiger partial charge on any atom is -0.507 e. The van der Waals surface area contributed by atoms with Gasteiger partial charge in [0.25, 0.3) is 5.91 Å². The van der Waals surface area contributed by atoms with Crippen LogP contribution in [0.1, 0.15) is 10.4 Å². The molecule has 0 heterocycles. The van der Waals surface area contributed by atoms with Crippen molar-refractivity contribution in [1.82, 2.24) is 5.32 Å². The molecule has 0 aliphatic heterocycles. The van der Waals surface area contributed by atoms with E-state index in [1.807, 2.05) is 12.1 Å². The Morgan fingerprint density at radius 1 is 1.29 bits per heavy atom. The number of para-hydroxylation sites is 2. The van der Waals surface area contributed by atoms with Crippen molar-refractivity contribution in [2.45, 2.75) is 0 Å². The fourth-order valence-electron chi connectivity index (χ4n) is 1.69. The number of phenolic OH excluding ortho intramolecular Hbond substituents is 1. The molecule has 2 rings (SSSR count). The summed E-state index contributed by atoms with van der Waals surface area (Å²) in [6.45, 7) is 0.645. The Morgan fingerprint density at radius 3 is 2.76 bits per heavy atom. The number of nitrogens with one attached hydrogen (secondary N) is 1. The van der Waals surface area contributed by atoms with Gasteiger partial charge >= 0.3 is 0 Å². The van der Waals surface area contributed by atoms with Crippen molar-refractivity contribution < 1.29 is 14.6 Å². The first kappa shape index (κ1) is 15.2. The second-order valence-electron chi connectivity index (χ2n) is 4.31. The average Bonchev–Trinajstić information content (AvgIpc) is 2.48. The molecule has 1 amide bonds. The van der Waals surface area contributed by atoms with Crippen LogP contribution in [0.25, 0.3) is 0 Å². The molecule has 2 aromatic rings. The number of rotatable bonds is 5. The predicted molar refractivity (Wildman–Crippen MR) is 84.5 cm³/mol. The Balaban J connectivity index is 1.82. The minimum absolute atomic E-state index is 0.0240. The predicted octanol–water partition coefficient (Wildman–Crippen LogP) is 2.55. The van der Waals surface area contributed by atoms with Crippen LogP contribution in [-0.2, 0) is 0 Å². The number of carbonyl (C=O) groups excluding carboxylic acids is 1. The zero-order chi connectivity index (χ0) is 15.2. The summed E-state index contributed by atoms with van der Waals surface area (Å²) in [5.41, 5.74) is 6.68. The van der Waals surface area contributed by atoms with Crippen LogP contribution in [0.4, 0.5) is 5.69 Å². The third-order valence-corrected chi connectivity index (χ3v) is 3.44. The number of benzene rings is 2. The summed E-state index contributed by atoms with van der Waals surface area (Å²) in [6.07, 6.45) is 0. The van der Waals surface area contributed by atoms with Crippen LogP contribution in [0, 0.1) is 0 Å². The number of phenols is 1. The van der Waals surface area contributed by atoms with E-state index < -0.39 is 0 Å². The van der Waals surface area contributed by atoms with Gasteiger partial charge in [0, 0.05) is 5.56 Å². The first-order valence-electron chi connectivity index (χ1n) is 6.32. The van der Waals surface area contributed by atoms with Gasteiger partial charge in [-0.2, -0.15) is 0 Å². The molecule has 0 atom stereocenters. The van der Waals surface area contributed by atoms with Gasteiger partial charge < -0.3 is 20.9 Å². The van der Waals surface area contributed by atoms with Gasteiger partial charge in [0.05, 0.1) is 16.7 Å². The van der Waals surface area contributed by atoms with Gasteiger partial charge in [0.1, 0.15) is 18.1 Å². The monoisotopic (exact) mass is 350 g/mol. The number of anilines is 1. The molecule has 110 valence electrons. The number of nitrogen functional groups attached to an aromatic ring is 1. The minimum atomic E-state index is -0.276. The number of carbonyl (C=O) groups is 1. The van der Waals surface area contributed by atoms with Crippen molar-refractivity contribution in [2.24, 2.45) is 0 Å². The Hall–Kier alpha value is -2.21. The zero-order valence-corrected chi connectivity index (χ0v) is 12.8. The Labute approximate surface area is 130 Å². The first-order chi connectivity index (χ1) is 10.1. The van der Waals surface area contributed by atoms with E-state index in [1.54, 1.807) is 24.3 Å². The molecule has 0 aliphatic rings. The van der Waals surface area contributed by atoms with Crippen molar-refractivity contribution in [3.63, 3.8) is 0 Å². The number of halogens is 1. The van der Waals surface area contributed by atoms with Gasteiger partial charge in [-0.15, -0.1) is 0 Å². The lowest BCUT2D eigenvalue weighted by molar-refractivity contribution is 0.0946. The molecule has 2 aromatic carbocycles. The Morgan fingerprint density at radius 2 is 2.05 bits per heavy atom. The molecule has 0 saturated heterocycles. The first-order valence-corrected chi connectivity index (χ1v) is 7.11. The molecule has 5 nitrogen and oxygen atoms in total. The zero-order valence-electron chi connectivity index (χ0n) is 11.2. The quantitative estimate of drug-likeness (QED) is 0.571. The topological polar surface area (TPSA) is 84.6 Å². The number of aromatic hydroxyl groups is 1. The van der Waals surface area contributed by atoms with E-state index >= 15 is 0 Å². The largest absolute Gasteiger partial charge is 0.507 e. The maximum atomic E-state index is 11.9. The molecule has 21 heavy (non-hydrogen) atoms. The normalized spacial score (nSPS) is 10.1. The molecule has 0 aliphatic carbocycles. The highest BCUT2D eigenvalue weighted by molar-refractivity contribution is 9.10. The second-order valence-corrected chi connectivity index (χ2v) is 5.16. The molecule has 0 fully saturated rings. The number of amides is 1. The van der Waals surface area contributed by atoms with Crippen LogP contribution < -0.4 is 15.8 Å². The summed E-state index contributed by atoms with van der Waals surface area (Å²) in [4.78, 5) is 11.9. The summed E-state index contributed by atoms with van der Waals surface area (Å²) in [5.74, 6) is 0.339. The number of hydrogen-bond acceptors (Lipinski definition) is 4. The molecular weight excluding hydrogens is 336 g/mol. The van der Waals surface area contributed by atoms with Crippen LogP contribution in [0.5, 0.6) is 11.5 Å². The van der Waals surface area contributed by atoms with Crippen LogP contribution in [-0.4, -0.2) is 24.2 Å². The Bertz CT molecular complexity index is 647. The van der Waals surface area contributed by atoms with Crippen LogP contribution in [0.15, 0.2) is 46.9 Å². The highest BCUT2D eigenvalue weighted by Gasteiger charge is 2.07. The van der Waals surface area contributed by atoms with Gasteiger partial charge in [0.2, 0.25) is 0 Å². The van der Waals surface area contributed by atoms with E-state index in [-0.39, 0.29) is 11.7 Å². The molecular formula is C15H15BrN2O3. The van der Waals surface area contributed by atoms with Crippen molar-refractivity contribution in [3.05, 3.63) is 52.5 Å². The summed E-state index contributed by atoms with van der Waals surface area (Å²) < 4.78 is 6.01. The lowest BCUT2D eigenvalue weighted by atomic mass is 10.2. The van der Waals surface area contributed by atoms with Gasteiger partial charge in [-0.1, -0.05) is 12.1 Å². The highest BCUT2D eigenvalue weighted by atomic mass is 79.9. The van der Waals surface area contributed by atoms with E-state index in [4.69, 9.17) is 10.5 Å². The summed E-state index contributed by atoms with van der Waals surface area (Å²) in [6, 6.07) is 11.8. The third-order valence-electron chi connectivity index (χ3n) is 2.77. The molecule has 0 aromatic heterocycles. The third kappa shape index (κ3) is 4.13. The lowest BCUT2D eigenvalue weighted by Gasteiger charge is -2.09. The SMILES string of the molecule is Nc1ccccc1OCCNC(=O)c1ccc(Br)c(O)c1. The van der Waals surface area contributed by atoms with Crippen LogP contribution in [0.2, 0.25) is 0 Å². The van der Waals surface area contributed by atoms with E-state index in [0.717, 1.165) is 0 Å². The van der Waals surface area contributed by atoms with Gasteiger partial charge in [-0.25, -0.2) is 0 Å². The van der Waals surface area contributed by atoms with Crippen LogP contribution >= 0.6 is 15.9 Å². The maximum Gasteiger partial charge on any atom is 0.251 e. The molecule has 0 radical (unpaired) electrons. The second kappa shape index (κ2) is 6.99. The number of hydrogen-bond donors (Lipinski definition) is 3. The van der Waals surface area contributed by atoms with Crippen LogP contribution in [0.3, 0.4) is 0 Å². The summed E-state index contributed by atoms with van der Waals surface area (Å²) >= 11 is 3.16. The highest BCUT2D eigenvalue weighted by Crippen LogP contribution is 2.24. The molecule has 4 N–H and O–H groups in total. The molecule has 6 heteroatoms. The van der Waals surface area contributed by atoms with Crippen molar-refractivity contribution in [1.29, 1.82) is 0 Å². The van der Waals surface area contributed by atoms with E-state index in [9.17, 15) is 9.90 Å². The average molecular weight is 351 g/mol.